The summed E-state index contributed by atoms with van der Waals surface area (Å²) in [5, 5.41) is 5.28. The maximum absolute atomic E-state index is 13.6. The number of rotatable bonds is 9. The number of nitrogens with zero attached hydrogens (tertiary/aromatic N) is 4. The molecule has 0 N–H and O–H groups in total. The van der Waals surface area contributed by atoms with Gasteiger partial charge in [0.25, 0.3) is 0 Å². The topological polar surface area (TPSA) is 105 Å². The Balaban J connectivity index is 1.26. The smallest absolute Gasteiger partial charge is 0.219 e. The summed E-state index contributed by atoms with van der Waals surface area (Å²) >= 11 is 0. The van der Waals surface area contributed by atoms with E-state index in [0.29, 0.717) is 54.4 Å². The summed E-state index contributed by atoms with van der Waals surface area (Å²) < 4.78 is 32.4. The number of hydrogen-bond donors (Lipinski definition) is 0. The molecule has 4 heterocycles. The van der Waals surface area contributed by atoms with Gasteiger partial charge in [-0.3, -0.25) is 19.3 Å². The summed E-state index contributed by atoms with van der Waals surface area (Å²) in [4.78, 5) is 35.9. The monoisotopic (exact) mass is 594 g/mol. The first-order chi connectivity index (χ1) is 21.4. The van der Waals surface area contributed by atoms with Gasteiger partial charge in [0.1, 0.15) is 17.3 Å². The summed E-state index contributed by atoms with van der Waals surface area (Å²) in [6.07, 6.45) is 7.02. The third kappa shape index (κ3) is 6.07. The van der Waals surface area contributed by atoms with Crippen LogP contribution in [0.2, 0.25) is 0 Å². The zero-order valence-corrected chi connectivity index (χ0v) is 24.5. The quantitative estimate of drug-likeness (QED) is 0.188. The third-order valence-electron chi connectivity index (χ3n) is 7.78. The van der Waals surface area contributed by atoms with Crippen molar-refractivity contribution in [1.82, 2.24) is 19.7 Å². The summed E-state index contributed by atoms with van der Waals surface area (Å²) in [6.45, 7) is 3.19. The van der Waals surface area contributed by atoms with E-state index in [4.69, 9.17) is 14.2 Å². The van der Waals surface area contributed by atoms with E-state index in [1.54, 1.807) is 48.6 Å². The molecule has 0 unspecified atom stereocenters. The molecule has 0 saturated carbocycles. The first-order valence-electron chi connectivity index (χ1n) is 14.5. The van der Waals surface area contributed by atoms with Crippen LogP contribution in [0.25, 0.3) is 22.0 Å². The highest BCUT2D eigenvalue weighted by Gasteiger charge is 2.23. The average Bonchev–Trinajstić information content (AvgIpc) is 3.06. The lowest BCUT2D eigenvalue weighted by molar-refractivity contribution is 0.0655. The zero-order valence-electron chi connectivity index (χ0n) is 24.5. The van der Waals surface area contributed by atoms with E-state index in [-0.39, 0.29) is 18.2 Å². The van der Waals surface area contributed by atoms with Crippen molar-refractivity contribution in [3.8, 4) is 28.5 Å². The molecule has 0 radical (unpaired) electrons. The van der Waals surface area contributed by atoms with Gasteiger partial charge in [0.05, 0.1) is 18.7 Å². The average molecular weight is 595 g/mol. The van der Waals surface area contributed by atoms with Gasteiger partial charge in [0.15, 0.2) is 11.5 Å². The molecule has 224 valence electrons. The normalized spacial score (nSPS) is 13.6. The Kier molecular flexibility index (Phi) is 8.42. The summed E-state index contributed by atoms with van der Waals surface area (Å²) in [5.74, 6) is 0.821. The molecule has 1 aliphatic heterocycles. The van der Waals surface area contributed by atoms with Gasteiger partial charge in [-0.05, 0) is 66.3 Å². The van der Waals surface area contributed by atoms with E-state index in [1.165, 1.54) is 24.3 Å². The van der Waals surface area contributed by atoms with Crippen molar-refractivity contribution in [2.75, 3.05) is 20.3 Å². The molecular weight excluding hydrogens is 563 g/mol. The van der Waals surface area contributed by atoms with Crippen LogP contribution in [-0.2, 0) is 17.6 Å². The van der Waals surface area contributed by atoms with Crippen LogP contribution < -0.4 is 14.9 Å². The number of Topliss-reactive ketones (excluding diaryl/α,β-unsaturated/α-hetero) is 1. The summed E-state index contributed by atoms with van der Waals surface area (Å²) in [6, 6.07) is 14.7. The van der Waals surface area contributed by atoms with Gasteiger partial charge in [-0.2, -0.15) is 5.10 Å². The largest absolute Gasteiger partial charge is 0.496 e. The molecule has 5 aromatic rings. The van der Waals surface area contributed by atoms with Gasteiger partial charge in [0, 0.05) is 55.2 Å². The minimum Gasteiger partial charge on any atom is -0.496 e. The molecule has 3 aromatic heterocycles. The lowest BCUT2D eigenvalue weighted by Crippen LogP contribution is -2.29. The van der Waals surface area contributed by atoms with Crippen LogP contribution in [0.1, 0.15) is 47.4 Å². The molecule has 0 atom stereocenters. The SMILES string of the molecule is CCc1cc2nccc(Oc3ccc(CC(=O)c4nn(C5CCOCC5)cc(-c5ccc(F)cc5)c4=O)cn3)c2cc1OC. The molecule has 0 amide bonds. The first kappa shape index (κ1) is 29.1. The Morgan fingerprint density at radius 2 is 1.84 bits per heavy atom. The molecule has 44 heavy (non-hydrogen) atoms. The van der Waals surface area contributed by atoms with E-state index < -0.39 is 17.0 Å². The first-order valence-corrected chi connectivity index (χ1v) is 14.5. The van der Waals surface area contributed by atoms with E-state index in [2.05, 4.69) is 22.0 Å². The second-order valence-corrected chi connectivity index (χ2v) is 10.6. The molecule has 9 nitrogen and oxygen atoms in total. The lowest BCUT2D eigenvalue weighted by atomic mass is 10.0. The number of ketones is 1. The number of hydrogen-bond acceptors (Lipinski definition) is 8. The molecule has 6 rings (SSSR count). The van der Waals surface area contributed by atoms with Gasteiger partial charge in [-0.25, -0.2) is 9.37 Å². The van der Waals surface area contributed by atoms with Crippen LogP contribution in [0.5, 0.6) is 17.4 Å². The Labute approximate surface area is 253 Å². The van der Waals surface area contributed by atoms with Gasteiger partial charge < -0.3 is 14.2 Å². The van der Waals surface area contributed by atoms with E-state index >= 15 is 0 Å². The van der Waals surface area contributed by atoms with E-state index in [0.717, 1.165) is 28.6 Å². The Bertz CT molecular complexity index is 1870. The fourth-order valence-electron chi connectivity index (χ4n) is 5.37. The minimum atomic E-state index is -0.496. The van der Waals surface area contributed by atoms with Gasteiger partial charge in [-0.1, -0.05) is 25.1 Å². The Hall–Kier alpha value is -4.96. The Morgan fingerprint density at radius 1 is 1.05 bits per heavy atom. The Morgan fingerprint density at radius 3 is 2.55 bits per heavy atom. The number of ether oxygens (including phenoxy) is 3. The van der Waals surface area contributed by atoms with E-state index in [1.807, 2.05) is 12.1 Å². The van der Waals surface area contributed by atoms with Crippen LogP contribution in [0.4, 0.5) is 4.39 Å². The number of aromatic nitrogens is 4. The molecule has 1 fully saturated rings. The third-order valence-corrected chi connectivity index (χ3v) is 7.78. The summed E-state index contributed by atoms with van der Waals surface area (Å²) in [5.41, 5.74) is 2.58. The minimum absolute atomic E-state index is 0.0222. The van der Waals surface area contributed by atoms with Crippen molar-refractivity contribution in [2.24, 2.45) is 0 Å². The van der Waals surface area contributed by atoms with Crippen LogP contribution in [0.15, 0.2) is 78.0 Å². The summed E-state index contributed by atoms with van der Waals surface area (Å²) in [7, 11) is 1.63. The number of halogens is 1. The van der Waals surface area contributed by atoms with Gasteiger partial charge >= 0.3 is 0 Å². The van der Waals surface area contributed by atoms with Crippen molar-refractivity contribution in [3.05, 3.63) is 106 Å². The molecule has 10 heteroatoms. The highest BCUT2D eigenvalue weighted by molar-refractivity contribution is 5.96. The zero-order chi connectivity index (χ0) is 30.6. The molecule has 1 aliphatic rings. The molecule has 0 aliphatic carbocycles. The van der Waals surface area contributed by atoms with Crippen LogP contribution >= 0.6 is 0 Å². The van der Waals surface area contributed by atoms with Gasteiger partial charge in [-0.15, -0.1) is 0 Å². The van der Waals surface area contributed by atoms with Crippen molar-refractivity contribution in [1.29, 1.82) is 0 Å². The molecule has 0 bridgehead atoms. The van der Waals surface area contributed by atoms with Crippen LogP contribution in [-0.4, -0.2) is 45.9 Å². The fraction of sp³-hybridized carbons (Fsp3) is 0.265. The fourth-order valence-corrected chi connectivity index (χ4v) is 5.37. The maximum atomic E-state index is 13.6. The number of carbonyl (C=O) groups is 1. The molecular formula is C34H31FN4O5. The second kappa shape index (κ2) is 12.7. The number of fused-ring (bicyclic) bond motifs is 1. The van der Waals surface area contributed by atoms with Crippen LogP contribution in [0, 0.1) is 5.82 Å². The molecule has 2 aromatic carbocycles. The van der Waals surface area contributed by atoms with Gasteiger partial charge in [0.2, 0.25) is 11.3 Å². The molecule has 0 spiro atoms. The predicted octanol–water partition coefficient (Wildman–Crippen LogP) is 6.13. The number of carbonyl (C=O) groups excluding carboxylic acids is 1. The number of pyridine rings is 2. The van der Waals surface area contributed by atoms with Crippen LogP contribution in [0.3, 0.4) is 0 Å². The number of methoxy groups -OCH3 is 1. The molecule has 1 saturated heterocycles. The van der Waals surface area contributed by atoms with Crippen molar-refractivity contribution >= 4 is 16.7 Å². The van der Waals surface area contributed by atoms with Crippen molar-refractivity contribution in [2.45, 2.75) is 38.6 Å². The highest BCUT2D eigenvalue weighted by Crippen LogP contribution is 2.33. The standard InChI is InChI=1S/C34H31FN4O5/c1-3-22-17-28-26(18-31(22)42-2)30(10-13-36-28)44-32-9-4-21(19-37-32)16-29(40)33-34(41)27(23-5-7-24(35)8-6-23)20-39(38-33)25-11-14-43-15-12-25/h4-10,13,17-20,25H,3,11-12,14-16H2,1-2H3. The van der Waals surface area contributed by atoms with Crippen molar-refractivity contribution in [3.63, 3.8) is 0 Å². The second-order valence-electron chi connectivity index (χ2n) is 10.6. The highest BCUT2D eigenvalue weighted by atomic mass is 19.1. The number of benzene rings is 2. The predicted molar refractivity (Wildman–Crippen MR) is 163 cm³/mol. The maximum Gasteiger partial charge on any atom is 0.219 e. The number of aryl methyl sites for hydroxylation is 1. The lowest BCUT2D eigenvalue weighted by Gasteiger charge is -2.24. The van der Waals surface area contributed by atoms with E-state index in [9.17, 15) is 14.0 Å². The van der Waals surface area contributed by atoms with Crippen molar-refractivity contribution < 1.29 is 23.4 Å².